The standard InChI is InChI=1S/4C10H14O.Ti/c4*1-6-5-10(11)9(4)8(3)7(6)2;/h4*5,11H,1-4H3;. The average molecular weight is 649 g/mol. The minimum absolute atomic E-state index is 0. The van der Waals surface area contributed by atoms with Crippen molar-refractivity contribution in [3.8, 4) is 23.0 Å². The molecule has 244 valence electrons. The van der Waals surface area contributed by atoms with Gasteiger partial charge < -0.3 is 20.4 Å². The van der Waals surface area contributed by atoms with Crippen molar-refractivity contribution < 1.29 is 42.1 Å². The molecular formula is C40H56O4Ti. The van der Waals surface area contributed by atoms with Crippen molar-refractivity contribution in [2.75, 3.05) is 0 Å². The molecular weight excluding hydrogens is 592 g/mol. The van der Waals surface area contributed by atoms with Gasteiger partial charge in [-0.3, -0.25) is 0 Å². The molecule has 0 unspecified atom stereocenters. The second kappa shape index (κ2) is 17.5. The Labute approximate surface area is 288 Å². The fraction of sp³-hybridized carbons (Fsp3) is 0.400. The van der Waals surface area contributed by atoms with Crippen LogP contribution in [0.4, 0.5) is 0 Å². The molecule has 45 heavy (non-hydrogen) atoms. The second-order valence-corrected chi connectivity index (χ2v) is 12.4. The second-order valence-electron chi connectivity index (χ2n) is 12.4. The van der Waals surface area contributed by atoms with Crippen molar-refractivity contribution in [3.05, 3.63) is 113 Å². The van der Waals surface area contributed by atoms with Gasteiger partial charge in [0, 0.05) is 21.7 Å². The molecule has 0 aromatic heterocycles. The number of aromatic hydroxyl groups is 4. The monoisotopic (exact) mass is 648 g/mol. The number of rotatable bonds is 0. The molecule has 4 aromatic carbocycles. The van der Waals surface area contributed by atoms with E-state index in [4.69, 9.17) is 0 Å². The molecule has 0 fully saturated rings. The number of hydrogen-bond acceptors (Lipinski definition) is 4. The molecule has 0 aliphatic rings. The summed E-state index contributed by atoms with van der Waals surface area (Å²) in [7, 11) is 0. The number of aryl methyl sites for hydroxylation is 4. The van der Waals surface area contributed by atoms with Gasteiger partial charge in [-0.2, -0.15) is 0 Å². The van der Waals surface area contributed by atoms with E-state index in [0.29, 0.717) is 23.0 Å². The SMILES string of the molecule is Cc1cc(O)c(C)c(C)c1C.Cc1cc(O)c(C)c(C)c1C.Cc1cc(O)c(C)c(C)c1C.Cc1cc(O)c(C)c(C)c1C.[Ti]. The Morgan fingerprint density at radius 3 is 0.511 bits per heavy atom. The summed E-state index contributed by atoms with van der Waals surface area (Å²) in [6, 6.07) is 7.27. The van der Waals surface area contributed by atoms with Gasteiger partial charge in [0.1, 0.15) is 23.0 Å². The maximum Gasteiger partial charge on any atom is 0.119 e. The van der Waals surface area contributed by atoms with Gasteiger partial charge in [-0.05, 0) is 224 Å². The van der Waals surface area contributed by atoms with Crippen molar-refractivity contribution >= 4 is 0 Å². The molecule has 0 radical (unpaired) electrons. The third kappa shape index (κ3) is 10.4. The van der Waals surface area contributed by atoms with Crippen LogP contribution in [0.5, 0.6) is 23.0 Å². The third-order valence-electron chi connectivity index (χ3n) is 9.82. The number of phenolic OH excluding ortho intramolecular Hbond substituents is 4. The molecule has 4 nitrogen and oxygen atoms in total. The van der Waals surface area contributed by atoms with E-state index < -0.39 is 0 Å². The molecule has 0 bridgehead atoms. The van der Waals surface area contributed by atoms with Crippen LogP contribution in [0.1, 0.15) is 89.0 Å². The quantitative estimate of drug-likeness (QED) is 0.143. The van der Waals surface area contributed by atoms with E-state index in [0.717, 1.165) is 44.5 Å². The molecule has 0 amide bonds. The summed E-state index contributed by atoms with van der Waals surface area (Å²) >= 11 is 0. The zero-order valence-corrected chi connectivity index (χ0v) is 32.2. The predicted molar refractivity (Wildman–Crippen MR) is 188 cm³/mol. The molecule has 0 spiro atoms. The first kappa shape index (κ1) is 41.8. The molecule has 0 saturated heterocycles. The molecule has 0 aliphatic carbocycles. The van der Waals surface area contributed by atoms with Crippen LogP contribution < -0.4 is 0 Å². The fourth-order valence-corrected chi connectivity index (χ4v) is 4.76. The summed E-state index contributed by atoms with van der Waals surface area (Å²) in [4.78, 5) is 0. The molecule has 4 aromatic rings. The normalized spacial score (nSPS) is 9.96. The molecule has 4 rings (SSSR count). The Morgan fingerprint density at radius 1 is 0.244 bits per heavy atom. The zero-order valence-electron chi connectivity index (χ0n) is 30.6. The van der Waals surface area contributed by atoms with Gasteiger partial charge in [-0.15, -0.1) is 0 Å². The summed E-state index contributed by atoms with van der Waals surface area (Å²) in [5.74, 6) is 1.63. The van der Waals surface area contributed by atoms with Crippen LogP contribution in [-0.2, 0) is 21.7 Å². The molecule has 0 saturated carbocycles. The van der Waals surface area contributed by atoms with Gasteiger partial charge >= 0.3 is 0 Å². The first-order valence-electron chi connectivity index (χ1n) is 15.2. The minimum Gasteiger partial charge on any atom is -0.508 e. The summed E-state index contributed by atoms with van der Waals surface area (Å²) in [5, 5.41) is 37.6. The van der Waals surface area contributed by atoms with Crippen LogP contribution in [0.25, 0.3) is 0 Å². The van der Waals surface area contributed by atoms with E-state index in [-0.39, 0.29) is 21.7 Å². The number of phenols is 4. The molecule has 5 heteroatoms. The minimum atomic E-state index is 0. The maximum absolute atomic E-state index is 9.41. The molecule has 0 atom stereocenters. The Kier molecular flexibility index (Phi) is 16.2. The molecule has 0 aliphatic heterocycles. The summed E-state index contributed by atoms with van der Waals surface area (Å²) < 4.78 is 0. The summed E-state index contributed by atoms with van der Waals surface area (Å²) in [6.07, 6.45) is 0. The van der Waals surface area contributed by atoms with Gasteiger partial charge in [0.05, 0.1) is 0 Å². The Bertz CT molecular complexity index is 1300. The van der Waals surface area contributed by atoms with Crippen LogP contribution in [0, 0.1) is 111 Å². The third-order valence-corrected chi connectivity index (χ3v) is 9.82. The van der Waals surface area contributed by atoms with Crippen molar-refractivity contribution in [2.24, 2.45) is 0 Å². The fourth-order valence-electron chi connectivity index (χ4n) is 4.76. The van der Waals surface area contributed by atoms with Gasteiger partial charge in [0.2, 0.25) is 0 Å². The van der Waals surface area contributed by atoms with E-state index in [1.165, 1.54) is 44.5 Å². The summed E-state index contributed by atoms with van der Waals surface area (Å²) in [5.41, 5.74) is 18.5. The van der Waals surface area contributed by atoms with Gasteiger partial charge in [0.25, 0.3) is 0 Å². The van der Waals surface area contributed by atoms with Crippen molar-refractivity contribution in [3.63, 3.8) is 0 Å². The van der Waals surface area contributed by atoms with Crippen molar-refractivity contribution in [2.45, 2.75) is 111 Å². The Morgan fingerprint density at radius 2 is 0.378 bits per heavy atom. The first-order valence-corrected chi connectivity index (χ1v) is 15.2. The van der Waals surface area contributed by atoms with Crippen molar-refractivity contribution in [1.29, 1.82) is 0 Å². The predicted octanol–water partition coefficient (Wildman–Crippen LogP) is 10.5. The number of hydrogen-bond donors (Lipinski definition) is 4. The van der Waals surface area contributed by atoms with E-state index in [2.05, 4.69) is 27.7 Å². The Balaban J connectivity index is 0.000000569. The maximum atomic E-state index is 9.41. The summed E-state index contributed by atoms with van der Waals surface area (Å²) in [6.45, 7) is 32.3. The van der Waals surface area contributed by atoms with Crippen LogP contribution in [0.3, 0.4) is 0 Å². The first-order chi connectivity index (χ1) is 20.1. The van der Waals surface area contributed by atoms with Crippen LogP contribution in [0.2, 0.25) is 0 Å². The molecule has 4 N–H and O–H groups in total. The topological polar surface area (TPSA) is 80.9 Å². The van der Waals surface area contributed by atoms with Gasteiger partial charge in [-0.1, -0.05) is 0 Å². The van der Waals surface area contributed by atoms with E-state index >= 15 is 0 Å². The van der Waals surface area contributed by atoms with Crippen LogP contribution in [-0.4, -0.2) is 20.4 Å². The van der Waals surface area contributed by atoms with Gasteiger partial charge in [0.15, 0.2) is 0 Å². The van der Waals surface area contributed by atoms with E-state index in [1.54, 1.807) is 0 Å². The number of benzene rings is 4. The smallest absolute Gasteiger partial charge is 0.119 e. The van der Waals surface area contributed by atoms with Crippen LogP contribution >= 0.6 is 0 Å². The zero-order chi connectivity index (χ0) is 34.4. The van der Waals surface area contributed by atoms with Gasteiger partial charge in [-0.25, -0.2) is 0 Å². The van der Waals surface area contributed by atoms with Crippen LogP contribution in [0.15, 0.2) is 24.3 Å². The van der Waals surface area contributed by atoms with Crippen molar-refractivity contribution in [1.82, 2.24) is 0 Å². The molecule has 0 heterocycles. The Hall–Kier alpha value is -3.21. The van der Waals surface area contributed by atoms with E-state index in [9.17, 15) is 20.4 Å². The largest absolute Gasteiger partial charge is 0.508 e. The van der Waals surface area contributed by atoms with E-state index in [1.807, 2.05) is 107 Å². The average Bonchev–Trinajstić information content (AvgIpc) is 2.97.